The number of methoxy groups -OCH3 is 1. The van der Waals surface area contributed by atoms with Crippen LogP contribution in [0.25, 0.3) is 11.1 Å². The molecule has 0 fully saturated rings. The first-order valence-electron chi connectivity index (χ1n) is 8.86. The van der Waals surface area contributed by atoms with Crippen molar-refractivity contribution >= 4 is 34.5 Å². The van der Waals surface area contributed by atoms with Crippen LogP contribution in [-0.4, -0.2) is 25.0 Å². The van der Waals surface area contributed by atoms with Gasteiger partial charge in [0.15, 0.2) is 0 Å². The molecule has 4 nitrogen and oxygen atoms in total. The summed E-state index contributed by atoms with van der Waals surface area (Å²) in [5.74, 6) is -0.769. The highest BCUT2D eigenvalue weighted by molar-refractivity contribution is 14.1. The van der Waals surface area contributed by atoms with Crippen molar-refractivity contribution in [1.29, 1.82) is 0 Å². The number of halogens is 1. The van der Waals surface area contributed by atoms with Gasteiger partial charge in [-0.2, -0.15) is 0 Å². The highest BCUT2D eigenvalue weighted by atomic mass is 127. The molecule has 28 heavy (non-hydrogen) atoms. The monoisotopic (exact) mass is 485 g/mol. The molecular weight excluding hydrogens is 465 g/mol. The Morgan fingerprint density at radius 2 is 1.50 bits per heavy atom. The van der Waals surface area contributed by atoms with Crippen LogP contribution in [0.15, 0.2) is 78.9 Å². The third-order valence-electron chi connectivity index (χ3n) is 4.43. The molecule has 3 rings (SSSR count). The van der Waals surface area contributed by atoms with Gasteiger partial charge in [0.2, 0.25) is 0 Å². The van der Waals surface area contributed by atoms with E-state index < -0.39 is 12.0 Å². The number of carbonyl (C=O) groups excluding carboxylic acids is 2. The average molecular weight is 485 g/mol. The molecular formula is C23H20INO3. The van der Waals surface area contributed by atoms with E-state index in [0.717, 1.165) is 20.3 Å². The summed E-state index contributed by atoms with van der Waals surface area (Å²) in [5, 5.41) is 2.80. The number of ether oxygens (including phenoxy) is 1. The summed E-state index contributed by atoms with van der Waals surface area (Å²) < 4.78 is 5.92. The van der Waals surface area contributed by atoms with Gasteiger partial charge in [-0.15, -0.1) is 0 Å². The lowest BCUT2D eigenvalue weighted by molar-refractivity contribution is -0.142. The molecule has 142 valence electrons. The topological polar surface area (TPSA) is 55.4 Å². The van der Waals surface area contributed by atoms with E-state index in [1.165, 1.54) is 7.11 Å². The number of rotatable bonds is 6. The van der Waals surface area contributed by atoms with E-state index in [2.05, 4.69) is 27.9 Å². The molecule has 1 atom stereocenters. The number of hydrogen-bond donors (Lipinski definition) is 1. The quantitative estimate of drug-likeness (QED) is 0.414. The lowest BCUT2D eigenvalue weighted by atomic mass is 10.0. The predicted molar refractivity (Wildman–Crippen MR) is 118 cm³/mol. The van der Waals surface area contributed by atoms with Crippen LogP contribution in [0.4, 0.5) is 0 Å². The third kappa shape index (κ3) is 4.98. The maximum Gasteiger partial charge on any atom is 0.328 e. The zero-order valence-electron chi connectivity index (χ0n) is 15.4. The largest absolute Gasteiger partial charge is 0.467 e. The number of hydrogen-bond acceptors (Lipinski definition) is 3. The van der Waals surface area contributed by atoms with Gasteiger partial charge in [-0.25, -0.2) is 4.79 Å². The summed E-state index contributed by atoms with van der Waals surface area (Å²) in [4.78, 5) is 24.9. The molecule has 0 heterocycles. The molecule has 0 saturated carbocycles. The van der Waals surface area contributed by atoms with E-state index in [0.29, 0.717) is 12.0 Å². The third-order valence-corrected chi connectivity index (χ3v) is 5.48. The molecule has 0 saturated heterocycles. The summed E-state index contributed by atoms with van der Waals surface area (Å²) in [7, 11) is 1.33. The van der Waals surface area contributed by atoms with E-state index >= 15 is 0 Å². The van der Waals surface area contributed by atoms with Crippen LogP contribution in [0.3, 0.4) is 0 Å². The van der Waals surface area contributed by atoms with Crippen LogP contribution in [0, 0.1) is 3.57 Å². The maximum absolute atomic E-state index is 12.7. The average Bonchev–Trinajstić information content (AvgIpc) is 2.75. The van der Waals surface area contributed by atoms with Crippen LogP contribution in [0.5, 0.6) is 0 Å². The summed E-state index contributed by atoms with van der Waals surface area (Å²) in [6.45, 7) is 0. The normalized spacial score (nSPS) is 11.5. The molecule has 0 bridgehead atoms. The van der Waals surface area contributed by atoms with Crippen LogP contribution in [-0.2, 0) is 16.0 Å². The fraction of sp³-hybridized carbons (Fsp3) is 0.130. The number of nitrogens with one attached hydrogen (secondary N) is 1. The lowest BCUT2D eigenvalue weighted by Crippen LogP contribution is -2.43. The fourth-order valence-electron chi connectivity index (χ4n) is 2.91. The van der Waals surface area contributed by atoms with E-state index in [9.17, 15) is 9.59 Å². The summed E-state index contributed by atoms with van der Waals surface area (Å²) in [5.41, 5.74) is 3.59. The van der Waals surface area contributed by atoms with Crippen molar-refractivity contribution in [2.24, 2.45) is 0 Å². The molecule has 1 N–H and O–H groups in total. The van der Waals surface area contributed by atoms with E-state index in [4.69, 9.17) is 4.74 Å². The minimum Gasteiger partial charge on any atom is -0.467 e. The second-order valence-corrected chi connectivity index (χ2v) is 7.45. The van der Waals surface area contributed by atoms with Crippen molar-refractivity contribution in [3.8, 4) is 11.1 Å². The summed E-state index contributed by atoms with van der Waals surface area (Å²) >= 11 is 2.22. The van der Waals surface area contributed by atoms with E-state index in [1.807, 2.05) is 66.7 Å². The first kappa shape index (κ1) is 20.1. The predicted octanol–water partition coefficient (Wildman–Crippen LogP) is 4.47. The zero-order valence-corrected chi connectivity index (χ0v) is 17.6. The van der Waals surface area contributed by atoms with Crippen molar-refractivity contribution in [2.45, 2.75) is 12.5 Å². The second kappa shape index (κ2) is 9.50. The molecule has 0 aliphatic carbocycles. The van der Waals surface area contributed by atoms with Crippen molar-refractivity contribution in [3.63, 3.8) is 0 Å². The Balaban J connectivity index is 1.74. The minimum absolute atomic E-state index is 0.305. The smallest absolute Gasteiger partial charge is 0.328 e. The molecule has 0 aromatic heterocycles. The van der Waals surface area contributed by atoms with Crippen molar-refractivity contribution in [1.82, 2.24) is 5.32 Å². The first-order chi connectivity index (χ1) is 13.6. The van der Waals surface area contributed by atoms with Gasteiger partial charge in [-0.3, -0.25) is 4.79 Å². The van der Waals surface area contributed by atoms with Gasteiger partial charge < -0.3 is 10.1 Å². The molecule has 3 aromatic carbocycles. The highest BCUT2D eigenvalue weighted by Gasteiger charge is 2.23. The van der Waals surface area contributed by atoms with Crippen LogP contribution < -0.4 is 5.32 Å². The molecule has 0 aliphatic heterocycles. The Bertz CT molecular complexity index is 955. The SMILES string of the molecule is COC(=O)[C@@H](Cc1ccccc1I)NC(=O)c1ccc(-c2ccccc2)cc1. The zero-order chi connectivity index (χ0) is 19.9. The van der Waals surface area contributed by atoms with Crippen LogP contribution in [0.2, 0.25) is 0 Å². The Morgan fingerprint density at radius 1 is 0.893 bits per heavy atom. The molecule has 5 heteroatoms. The number of carbonyl (C=O) groups is 2. The van der Waals surface area contributed by atoms with Gasteiger partial charge in [0, 0.05) is 15.6 Å². The number of benzene rings is 3. The van der Waals surface area contributed by atoms with Gasteiger partial charge in [0.25, 0.3) is 5.91 Å². The molecule has 3 aromatic rings. The Hall–Kier alpha value is -2.67. The highest BCUT2D eigenvalue weighted by Crippen LogP contribution is 2.19. The molecule has 0 unspecified atom stereocenters. The van der Waals surface area contributed by atoms with Gasteiger partial charge in [-0.1, -0.05) is 60.7 Å². The molecule has 0 spiro atoms. The molecule has 0 radical (unpaired) electrons. The number of amides is 1. The standard InChI is InChI=1S/C23H20INO3/c1-28-23(27)21(15-19-9-5-6-10-20(19)24)25-22(26)18-13-11-17(12-14-18)16-7-3-2-4-8-16/h2-14,21H,15H2,1H3,(H,25,26)/t21-/m1/s1. The molecule has 0 aliphatic rings. The van der Waals surface area contributed by atoms with Gasteiger partial charge >= 0.3 is 5.97 Å². The maximum atomic E-state index is 12.7. The summed E-state index contributed by atoms with van der Waals surface area (Å²) in [6.07, 6.45) is 0.375. The van der Waals surface area contributed by atoms with Crippen LogP contribution in [0.1, 0.15) is 15.9 Å². The van der Waals surface area contributed by atoms with Gasteiger partial charge in [0.1, 0.15) is 6.04 Å². The van der Waals surface area contributed by atoms with E-state index in [1.54, 1.807) is 12.1 Å². The van der Waals surface area contributed by atoms with Crippen molar-refractivity contribution in [3.05, 3.63) is 93.6 Å². The first-order valence-corrected chi connectivity index (χ1v) is 9.94. The fourth-order valence-corrected chi connectivity index (χ4v) is 3.51. The second-order valence-electron chi connectivity index (χ2n) is 6.29. The van der Waals surface area contributed by atoms with Gasteiger partial charge in [-0.05, 0) is 57.5 Å². The Morgan fingerprint density at radius 3 is 2.14 bits per heavy atom. The Labute approximate surface area is 178 Å². The van der Waals surface area contributed by atoms with E-state index in [-0.39, 0.29) is 5.91 Å². The van der Waals surface area contributed by atoms with Crippen molar-refractivity contribution in [2.75, 3.05) is 7.11 Å². The number of esters is 1. The lowest BCUT2D eigenvalue weighted by Gasteiger charge is -2.17. The summed E-state index contributed by atoms with van der Waals surface area (Å²) in [6, 6.07) is 24.3. The van der Waals surface area contributed by atoms with Crippen LogP contribution >= 0.6 is 22.6 Å². The Kier molecular flexibility index (Phi) is 6.81. The molecule has 1 amide bonds. The van der Waals surface area contributed by atoms with Gasteiger partial charge in [0.05, 0.1) is 7.11 Å². The minimum atomic E-state index is -0.748. The van der Waals surface area contributed by atoms with Crippen molar-refractivity contribution < 1.29 is 14.3 Å².